The van der Waals surface area contributed by atoms with Crippen molar-refractivity contribution in [2.75, 3.05) is 36.8 Å². The molecule has 0 radical (unpaired) electrons. The Labute approximate surface area is 236 Å². The Balaban J connectivity index is 0. The fourth-order valence-corrected chi connectivity index (χ4v) is 4.19. The maximum absolute atomic E-state index is 3.72. The third-order valence-corrected chi connectivity index (χ3v) is 5.95. The van der Waals surface area contributed by atoms with Crippen LogP contribution in [0.5, 0.6) is 0 Å². The van der Waals surface area contributed by atoms with Gasteiger partial charge in [0.2, 0.25) is 0 Å². The summed E-state index contributed by atoms with van der Waals surface area (Å²) < 4.78 is 0. The molecule has 3 N–H and O–H groups in total. The Bertz CT molecular complexity index is 703. The summed E-state index contributed by atoms with van der Waals surface area (Å²) in [4.78, 5) is 0. The second-order valence-corrected chi connectivity index (χ2v) is 9.85. The fraction of sp³-hybridized carbons (Fsp3) is 0.571. The normalized spacial score (nSPS) is 10.7. The van der Waals surface area contributed by atoms with E-state index in [-0.39, 0.29) is 45.9 Å². The Hall–Kier alpha value is -0.732. The summed E-state index contributed by atoms with van der Waals surface area (Å²) in [6.07, 6.45) is 0. The Morgan fingerprint density at radius 1 is 0.500 bits per heavy atom. The minimum Gasteiger partial charge on any atom is -1.00 e. The van der Waals surface area contributed by atoms with Crippen molar-refractivity contribution in [2.45, 2.75) is 79.1 Å². The molecule has 0 fully saturated rings. The summed E-state index contributed by atoms with van der Waals surface area (Å²) in [6, 6.07) is 13.4. The van der Waals surface area contributed by atoms with Gasteiger partial charge in [0.05, 0.1) is 0 Å². The smallest absolute Gasteiger partial charge is 1.00 e. The van der Waals surface area contributed by atoms with Crippen LogP contribution in [0, 0.1) is 0 Å². The average molecular weight is 690 g/mol. The summed E-state index contributed by atoms with van der Waals surface area (Å²) in [5.74, 6) is 2.09. The van der Waals surface area contributed by atoms with Gasteiger partial charge in [0.1, 0.15) is 0 Å². The summed E-state index contributed by atoms with van der Waals surface area (Å²) in [5, 5.41) is 11.0. The van der Waals surface area contributed by atoms with Crippen LogP contribution in [0.3, 0.4) is 0 Å². The van der Waals surface area contributed by atoms with E-state index in [1.807, 2.05) is 0 Å². The first-order valence-electron chi connectivity index (χ1n) is 12.2. The molecule has 2 aromatic rings. The molecule has 0 heterocycles. The average Bonchev–Trinajstić information content (AvgIpc) is 2.72. The van der Waals surface area contributed by atoms with Crippen LogP contribution >= 0.6 is 0 Å². The van der Waals surface area contributed by atoms with Gasteiger partial charge in [0.15, 0.2) is 0 Å². The molecule has 0 aromatic heterocycles. The summed E-state index contributed by atoms with van der Waals surface area (Å²) in [5.41, 5.74) is 8.33. The van der Waals surface area contributed by atoms with Gasteiger partial charge in [0.25, 0.3) is 0 Å². The monoisotopic (exact) mass is 688 g/mol. The van der Waals surface area contributed by atoms with Crippen LogP contribution < -0.4 is 40.8 Å². The largest absolute Gasteiger partial charge is 2.00 e. The predicted octanol–water partition coefficient (Wildman–Crippen LogP) is 1.30. The first-order chi connectivity index (χ1) is 14.7. The van der Waals surface area contributed by atoms with Gasteiger partial charge in [-0.3, -0.25) is 0 Å². The van der Waals surface area contributed by atoms with Gasteiger partial charge in [-0.1, -0.05) is 91.8 Å². The minimum absolute atomic E-state index is 0. The third kappa shape index (κ3) is 10.1. The molecule has 0 amide bonds. The molecule has 34 heavy (non-hydrogen) atoms. The molecule has 0 saturated heterocycles. The van der Waals surface area contributed by atoms with Crippen molar-refractivity contribution >= 4 is 11.4 Å². The molecular weight excluding hydrogens is 644 g/mol. The molecule has 0 bridgehead atoms. The molecule has 0 atom stereocenters. The van der Waals surface area contributed by atoms with Crippen molar-refractivity contribution in [3.05, 3.63) is 58.7 Å². The molecular formula is C28H45Cl2N3Pt. The summed E-state index contributed by atoms with van der Waals surface area (Å²) >= 11 is 0. The Morgan fingerprint density at radius 2 is 0.765 bits per heavy atom. The number of benzene rings is 2. The predicted molar refractivity (Wildman–Crippen MR) is 139 cm³/mol. The second kappa shape index (κ2) is 17.7. The van der Waals surface area contributed by atoms with Gasteiger partial charge in [-0.25, -0.2) is 0 Å². The fourth-order valence-electron chi connectivity index (χ4n) is 4.19. The molecule has 0 aliphatic carbocycles. The quantitative estimate of drug-likeness (QED) is 0.295. The SMILES string of the molecule is CC(C)c1cccc(C(C)C)c1NCCNCCNc1c(C(C)C)cccc1C(C)C.[Cl-].[Cl-].[Pt+2]. The van der Waals surface area contributed by atoms with Crippen molar-refractivity contribution in [1.29, 1.82) is 0 Å². The molecule has 0 unspecified atom stereocenters. The first kappa shape index (κ1) is 35.4. The van der Waals surface area contributed by atoms with Crippen LogP contribution in [-0.2, 0) is 21.1 Å². The third-order valence-electron chi connectivity index (χ3n) is 5.95. The molecule has 196 valence electrons. The van der Waals surface area contributed by atoms with E-state index in [1.54, 1.807) is 0 Å². The van der Waals surface area contributed by atoms with Crippen LogP contribution in [0.15, 0.2) is 36.4 Å². The zero-order chi connectivity index (χ0) is 23.0. The minimum atomic E-state index is 0. The molecule has 2 aromatic carbocycles. The second-order valence-electron chi connectivity index (χ2n) is 9.85. The maximum atomic E-state index is 3.72. The number of anilines is 2. The van der Waals surface area contributed by atoms with E-state index in [4.69, 9.17) is 0 Å². The van der Waals surface area contributed by atoms with Gasteiger partial charge in [-0.05, 0) is 45.9 Å². The number of hydrogen-bond acceptors (Lipinski definition) is 3. The Morgan fingerprint density at radius 3 is 1.00 bits per heavy atom. The van der Waals surface area contributed by atoms with Gasteiger partial charge in [-0.2, -0.15) is 0 Å². The van der Waals surface area contributed by atoms with E-state index in [1.165, 1.54) is 33.6 Å². The molecule has 3 nitrogen and oxygen atoms in total. The number of hydrogen-bond donors (Lipinski definition) is 3. The zero-order valence-corrected chi connectivity index (χ0v) is 26.0. The van der Waals surface area contributed by atoms with Gasteiger partial charge >= 0.3 is 21.1 Å². The van der Waals surface area contributed by atoms with Crippen LogP contribution in [0.1, 0.15) is 101 Å². The number of halogens is 2. The maximum Gasteiger partial charge on any atom is 2.00 e. The van der Waals surface area contributed by atoms with E-state index < -0.39 is 0 Å². The van der Waals surface area contributed by atoms with E-state index in [9.17, 15) is 0 Å². The number of rotatable bonds is 12. The molecule has 0 saturated carbocycles. The van der Waals surface area contributed by atoms with Gasteiger partial charge in [-0.15, -0.1) is 0 Å². The van der Waals surface area contributed by atoms with E-state index >= 15 is 0 Å². The van der Waals surface area contributed by atoms with Crippen molar-refractivity contribution in [3.8, 4) is 0 Å². The first-order valence-corrected chi connectivity index (χ1v) is 12.2. The zero-order valence-electron chi connectivity index (χ0n) is 22.2. The van der Waals surface area contributed by atoms with Gasteiger partial charge in [0, 0.05) is 37.6 Å². The molecule has 0 aliphatic rings. The van der Waals surface area contributed by atoms with Crippen LogP contribution in [-0.4, -0.2) is 26.2 Å². The van der Waals surface area contributed by atoms with E-state index in [0.29, 0.717) is 23.7 Å². The molecule has 0 spiro atoms. The van der Waals surface area contributed by atoms with Gasteiger partial charge < -0.3 is 40.8 Å². The molecule has 6 heteroatoms. The molecule has 2 rings (SSSR count). The number of para-hydroxylation sites is 2. The van der Waals surface area contributed by atoms with Crippen LogP contribution in [0.4, 0.5) is 11.4 Å². The summed E-state index contributed by atoms with van der Waals surface area (Å²) in [6.45, 7) is 22.0. The van der Waals surface area contributed by atoms with Crippen LogP contribution in [0.25, 0.3) is 0 Å². The summed E-state index contributed by atoms with van der Waals surface area (Å²) in [7, 11) is 0. The molecule has 0 aliphatic heterocycles. The van der Waals surface area contributed by atoms with E-state index in [0.717, 1.165) is 26.2 Å². The topological polar surface area (TPSA) is 36.1 Å². The van der Waals surface area contributed by atoms with Crippen molar-refractivity contribution < 1.29 is 45.9 Å². The van der Waals surface area contributed by atoms with E-state index in [2.05, 4.69) is 108 Å². The number of nitrogens with one attached hydrogen (secondary N) is 3. The van der Waals surface area contributed by atoms with Crippen LogP contribution in [0.2, 0.25) is 0 Å². The van der Waals surface area contributed by atoms with Crippen molar-refractivity contribution in [2.24, 2.45) is 0 Å². The standard InChI is InChI=1S/C28H45N3.2ClH.Pt/c1-19(2)23-11-9-12-24(20(3)4)27(23)30-17-15-29-16-18-31-28-25(21(5)6)13-10-14-26(28)22(7)8;;;/h9-14,19-22,29-31H,15-18H2,1-8H3;2*1H;/q;;;+2/p-2. The van der Waals surface area contributed by atoms with Crippen molar-refractivity contribution in [1.82, 2.24) is 5.32 Å². The van der Waals surface area contributed by atoms with Crippen molar-refractivity contribution in [3.63, 3.8) is 0 Å². The Kier molecular flexibility index (Phi) is 18.4.